The molecule has 1 atom stereocenters. The molecule has 0 saturated heterocycles. The van der Waals surface area contributed by atoms with Gasteiger partial charge in [0.05, 0.1) is 14.7 Å². The molecule has 0 radical (unpaired) electrons. The summed E-state index contributed by atoms with van der Waals surface area (Å²) in [5.41, 5.74) is 5.38. The zero-order chi connectivity index (χ0) is 14.8. The van der Waals surface area contributed by atoms with Crippen molar-refractivity contribution in [3.8, 4) is 0 Å². The summed E-state index contributed by atoms with van der Waals surface area (Å²) in [7, 11) is 0. The summed E-state index contributed by atoms with van der Waals surface area (Å²) in [6, 6.07) is 8.99. The summed E-state index contributed by atoms with van der Waals surface area (Å²) in [5, 5.41) is 3.54. The molecule has 1 unspecified atom stereocenters. The number of hydrogen-bond acceptors (Lipinski definition) is 2. The second kappa shape index (κ2) is 6.70. The fourth-order valence-electron chi connectivity index (χ4n) is 3.09. The Balaban J connectivity index is 1.99. The highest BCUT2D eigenvalue weighted by Crippen LogP contribution is 2.38. The number of rotatable bonds is 4. The third kappa shape index (κ3) is 3.29. The van der Waals surface area contributed by atoms with Crippen LogP contribution in [0.1, 0.15) is 48.1 Å². The predicted octanol–water partition coefficient (Wildman–Crippen LogP) is 5.63. The highest BCUT2D eigenvalue weighted by atomic mass is 35.5. The Labute approximate surface area is 140 Å². The van der Waals surface area contributed by atoms with Crippen LogP contribution in [-0.4, -0.2) is 6.54 Å². The number of thiophene rings is 1. The topological polar surface area (TPSA) is 12.0 Å². The van der Waals surface area contributed by atoms with Gasteiger partial charge in [-0.2, -0.15) is 0 Å². The minimum absolute atomic E-state index is 0.124. The predicted molar refractivity (Wildman–Crippen MR) is 92.9 cm³/mol. The Bertz CT molecular complexity index is 636. The van der Waals surface area contributed by atoms with Gasteiger partial charge in [0.2, 0.25) is 0 Å². The third-order valence-corrected chi connectivity index (χ3v) is 5.63. The van der Waals surface area contributed by atoms with Gasteiger partial charge in [-0.25, -0.2) is 0 Å². The SMILES string of the molecule is CCNC(c1ccc2c(c1)CCCC2)c1cc(Cl)sc1Cl. The summed E-state index contributed by atoms with van der Waals surface area (Å²) in [5.74, 6) is 0. The van der Waals surface area contributed by atoms with Gasteiger partial charge < -0.3 is 5.32 Å². The number of aryl methyl sites for hydroxylation is 2. The van der Waals surface area contributed by atoms with Gasteiger partial charge >= 0.3 is 0 Å². The lowest BCUT2D eigenvalue weighted by atomic mass is 9.88. The zero-order valence-corrected chi connectivity index (χ0v) is 14.4. The van der Waals surface area contributed by atoms with E-state index in [0.717, 1.165) is 20.8 Å². The molecular formula is C17H19Cl2NS. The second-order valence-corrected chi connectivity index (χ2v) is 7.79. The molecule has 1 aromatic heterocycles. The molecule has 112 valence electrons. The average Bonchev–Trinajstić information content (AvgIpc) is 2.83. The van der Waals surface area contributed by atoms with Crippen molar-refractivity contribution in [3.05, 3.63) is 55.2 Å². The van der Waals surface area contributed by atoms with E-state index >= 15 is 0 Å². The molecule has 1 aromatic carbocycles. The Kier molecular flexibility index (Phi) is 4.90. The quantitative estimate of drug-likeness (QED) is 0.760. The molecule has 0 amide bonds. The van der Waals surface area contributed by atoms with Crippen molar-refractivity contribution in [1.82, 2.24) is 5.32 Å². The third-order valence-electron chi connectivity index (χ3n) is 4.11. The number of fused-ring (bicyclic) bond motifs is 1. The monoisotopic (exact) mass is 339 g/mol. The minimum atomic E-state index is 0.124. The zero-order valence-electron chi connectivity index (χ0n) is 12.1. The molecule has 1 aliphatic rings. The van der Waals surface area contributed by atoms with Crippen LogP contribution in [0.2, 0.25) is 8.67 Å². The van der Waals surface area contributed by atoms with E-state index in [1.165, 1.54) is 53.7 Å². The highest BCUT2D eigenvalue weighted by molar-refractivity contribution is 7.20. The number of nitrogens with one attached hydrogen (secondary N) is 1. The summed E-state index contributed by atoms with van der Waals surface area (Å²) in [6.45, 7) is 3.01. The van der Waals surface area contributed by atoms with Crippen molar-refractivity contribution in [3.63, 3.8) is 0 Å². The van der Waals surface area contributed by atoms with Gasteiger partial charge in [0.15, 0.2) is 0 Å². The van der Waals surface area contributed by atoms with E-state index in [0.29, 0.717) is 0 Å². The number of hydrogen-bond donors (Lipinski definition) is 1. The van der Waals surface area contributed by atoms with Gasteiger partial charge in [-0.15, -0.1) is 11.3 Å². The van der Waals surface area contributed by atoms with Crippen molar-refractivity contribution in [2.45, 2.75) is 38.6 Å². The first-order valence-electron chi connectivity index (χ1n) is 7.49. The first-order valence-corrected chi connectivity index (χ1v) is 9.06. The average molecular weight is 340 g/mol. The van der Waals surface area contributed by atoms with Crippen LogP contribution in [0.15, 0.2) is 24.3 Å². The first kappa shape index (κ1) is 15.4. The molecule has 0 saturated carbocycles. The van der Waals surface area contributed by atoms with Crippen molar-refractivity contribution in [2.24, 2.45) is 0 Å². The summed E-state index contributed by atoms with van der Waals surface area (Å²) in [4.78, 5) is 0. The van der Waals surface area contributed by atoms with Crippen LogP contribution in [0, 0.1) is 0 Å². The Morgan fingerprint density at radius 3 is 2.57 bits per heavy atom. The maximum Gasteiger partial charge on any atom is 0.0995 e. The van der Waals surface area contributed by atoms with Crippen molar-refractivity contribution in [1.29, 1.82) is 0 Å². The van der Waals surface area contributed by atoms with E-state index in [1.807, 2.05) is 6.07 Å². The van der Waals surface area contributed by atoms with Gasteiger partial charge in [0.25, 0.3) is 0 Å². The lowest BCUT2D eigenvalue weighted by Crippen LogP contribution is -2.22. The molecule has 1 N–H and O–H groups in total. The molecule has 1 aliphatic carbocycles. The van der Waals surface area contributed by atoms with Crippen LogP contribution < -0.4 is 5.32 Å². The van der Waals surface area contributed by atoms with E-state index in [9.17, 15) is 0 Å². The molecule has 0 aliphatic heterocycles. The standard InChI is InChI=1S/C17H19Cl2NS/c1-2-20-16(14-10-15(18)21-17(14)19)13-8-7-11-5-3-4-6-12(11)9-13/h7-10,16,20H,2-6H2,1H3. The molecular weight excluding hydrogens is 321 g/mol. The molecule has 0 spiro atoms. The number of benzene rings is 1. The van der Waals surface area contributed by atoms with Crippen LogP contribution in [0.5, 0.6) is 0 Å². The highest BCUT2D eigenvalue weighted by Gasteiger charge is 2.20. The lowest BCUT2D eigenvalue weighted by molar-refractivity contribution is 0.627. The van der Waals surface area contributed by atoms with Gasteiger partial charge in [-0.05, 0) is 55.0 Å². The van der Waals surface area contributed by atoms with Crippen molar-refractivity contribution >= 4 is 34.5 Å². The maximum atomic E-state index is 6.36. The van der Waals surface area contributed by atoms with Crippen LogP contribution in [0.4, 0.5) is 0 Å². The van der Waals surface area contributed by atoms with Crippen molar-refractivity contribution in [2.75, 3.05) is 6.54 Å². The molecule has 3 rings (SSSR count). The first-order chi connectivity index (χ1) is 10.2. The van der Waals surface area contributed by atoms with E-state index in [4.69, 9.17) is 23.2 Å². The minimum Gasteiger partial charge on any atom is -0.306 e. The molecule has 1 heterocycles. The van der Waals surface area contributed by atoms with E-state index in [1.54, 1.807) is 0 Å². The summed E-state index contributed by atoms with van der Waals surface area (Å²) >= 11 is 13.9. The molecule has 0 bridgehead atoms. The maximum absolute atomic E-state index is 6.36. The van der Waals surface area contributed by atoms with Gasteiger partial charge in [0, 0.05) is 5.56 Å². The molecule has 1 nitrogen and oxygen atoms in total. The summed E-state index contributed by atoms with van der Waals surface area (Å²) in [6.07, 6.45) is 5.02. The molecule has 2 aromatic rings. The van der Waals surface area contributed by atoms with Crippen LogP contribution in [-0.2, 0) is 12.8 Å². The van der Waals surface area contributed by atoms with Gasteiger partial charge in [-0.1, -0.05) is 48.3 Å². The smallest absolute Gasteiger partial charge is 0.0995 e. The van der Waals surface area contributed by atoms with Crippen LogP contribution >= 0.6 is 34.5 Å². The largest absolute Gasteiger partial charge is 0.306 e. The molecule has 4 heteroatoms. The van der Waals surface area contributed by atoms with E-state index in [-0.39, 0.29) is 6.04 Å². The molecule has 21 heavy (non-hydrogen) atoms. The normalized spacial score (nSPS) is 15.8. The van der Waals surface area contributed by atoms with Gasteiger partial charge in [0.1, 0.15) is 0 Å². The Morgan fingerprint density at radius 1 is 1.14 bits per heavy atom. The molecule has 0 fully saturated rings. The van der Waals surface area contributed by atoms with E-state index in [2.05, 4.69) is 30.4 Å². The second-order valence-electron chi connectivity index (χ2n) is 5.51. The van der Waals surface area contributed by atoms with E-state index < -0.39 is 0 Å². The van der Waals surface area contributed by atoms with Gasteiger partial charge in [-0.3, -0.25) is 0 Å². The fourth-order valence-corrected chi connectivity index (χ4v) is 4.63. The summed E-state index contributed by atoms with van der Waals surface area (Å²) < 4.78 is 1.53. The fraction of sp³-hybridized carbons (Fsp3) is 0.412. The Morgan fingerprint density at radius 2 is 1.90 bits per heavy atom. The van der Waals surface area contributed by atoms with Crippen LogP contribution in [0.3, 0.4) is 0 Å². The van der Waals surface area contributed by atoms with Crippen LogP contribution in [0.25, 0.3) is 0 Å². The Hall–Kier alpha value is -0.540. The lowest BCUT2D eigenvalue weighted by Gasteiger charge is -2.22. The number of halogens is 2. The van der Waals surface area contributed by atoms with Crippen molar-refractivity contribution < 1.29 is 0 Å².